The van der Waals surface area contributed by atoms with Gasteiger partial charge in [0.1, 0.15) is 0 Å². The van der Waals surface area contributed by atoms with Crippen LogP contribution in [0.2, 0.25) is 0 Å². The third-order valence-electron chi connectivity index (χ3n) is 9.53. The van der Waals surface area contributed by atoms with E-state index in [1.807, 2.05) is 5.57 Å². The van der Waals surface area contributed by atoms with Crippen molar-refractivity contribution in [3.63, 3.8) is 0 Å². The average molecular weight is 649 g/mol. The van der Waals surface area contributed by atoms with Crippen molar-refractivity contribution in [1.29, 1.82) is 0 Å². The van der Waals surface area contributed by atoms with Gasteiger partial charge in [-0.2, -0.15) is 19.8 Å². The maximum absolute atomic E-state index is 8.68. The predicted octanol–water partition coefficient (Wildman–Crippen LogP) is 8.27. The van der Waals surface area contributed by atoms with E-state index in [0.717, 1.165) is 29.6 Å². The summed E-state index contributed by atoms with van der Waals surface area (Å²) in [6.07, 6.45) is 23.3. The summed E-state index contributed by atoms with van der Waals surface area (Å²) in [7, 11) is 0. The van der Waals surface area contributed by atoms with Gasteiger partial charge in [-0.15, -0.1) is 0 Å². The molecular weight excluding hydrogens is 602 g/mol. The van der Waals surface area contributed by atoms with Crippen LogP contribution >= 0.6 is 0 Å². The molecule has 4 aliphatic rings. The Morgan fingerprint density at radius 3 is 2.45 bits per heavy atom. The van der Waals surface area contributed by atoms with E-state index in [9.17, 15) is 0 Å². The minimum absolute atomic E-state index is 0. The average Bonchev–Trinajstić information content (AvgIpc) is 3.05. The molecule has 3 fully saturated rings. The van der Waals surface area contributed by atoms with Crippen LogP contribution in [0.15, 0.2) is 23.3 Å². The first-order chi connectivity index (χ1) is 14.3. The molecule has 0 aliphatic heterocycles. The molecule has 0 aromatic rings. The molecule has 6 atom stereocenters. The molecule has 172 valence electrons. The molecule has 31 heavy (non-hydrogen) atoms. The largest absolute Gasteiger partial charge is 2.00 e. The first-order valence-corrected chi connectivity index (χ1v) is 12.8. The monoisotopic (exact) mass is 648 g/mol. The van der Waals surface area contributed by atoms with Gasteiger partial charge in [0.05, 0.1) is 0 Å². The molecule has 0 heterocycles. The van der Waals surface area contributed by atoms with Crippen LogP contribution in [-0.2, 0) is 4.79 Å². The minimum atomic E-state index is 0. The van der Waals surface area contributed by atoms with Gasteiger partial charge >= 0.3 is 31.1 Å². The first-order valence-electron chi connectivity index (χ1n) is 12.8. The van der Waals surface area contributed by atoms with Crippen LogP contribution in [0.1, 0.15) is 106 Å². The van der Waals surface area contributed by atoms with Crippen molar-refractivity contribution in [2.45, 2.75) is 106 Å². The molecule has 0 saturated heterocycles. The van der Waals surface area contributed by atoms with Crippen LogP contribution < -0.4 is 0 Å². The van der Waals surface area contributed by atoms with Crippen LogP contribution in [-0.4, -0.2) is 6.29 Å². The van der Waals surface area contributed by atoms with Crippen molar-refractivity contribution < 1.29 is 35.9 Å². The Hall–Kier alpha value is 0.202. The Balaban J connectivity index is 0.000000808. The molecule has 0 aromatic heterocycles. The second-order valence-corrected chi connectivity index (χ2v) is 11.6. The van der Waals surface area contributed by atoms with Crippen LogP contribution in [0.3, 0.4) is 0 Å². The topological polar surface area (TPSA) is 17.1 Å². The number of rotatable bonds is 5. The molecular formula is C29H46OU. The molecule has 0 radical (unpaired) electrons. The van der Waals surface area contributed by atoms with E-state index in [0.29, 0.717) is 10.8 Å². The zero-order chi connectivity index (χ0) is 21.9. The van der Waals surface area contributed by atoms with Gasteiger partial charge in [0, 0.05) is 0 Å². The van der Waals surface area contributed by atoms with Gasteiger partial charge < -0.3 is 11.2 Å². The van der Waals surface area contributed by atoms with Gasteiger partial charge in [0.25, 0.3) is 0 Å². The molecule has 0 N–H and O–H groups in total. The molecule has 1 nitrogen and oxygen atoms in total. The molecule has 2 heteroatoms. The summed E-state index contributed by atoms with van der Waals surface area (Å²) in [6, 6.07) is 0. The van der Waals surface area contributed by atoms with Crippen LogP contribution in [0.25, 0.3) is 0 Å². The summed E-state index contributed by atoms with van der Waals surface area (Å²) in [5.74, 6) is 4.44. The van der Waals surface area contributed by atoms with Gasteiger partial charge in [-0.25, -0.2) is 0 Å². The standard InChI is InChI=1S/C27H43.C2H3O.U/c1-19(2)9-8-10-20(3)23-14-15-24-22-13-12-21-11-6-7-17-26(21,4)25(22)16-18-27(23,24)5;1-2-3;/h6,12-13,19-20,23-25H,7-11,14-18H2,1-5H3;1H3;/q2*-1;+2/t20-,23?,24+,25?,26+,27-;;/m1../s1. The van der Waals surface area contributed by atoms with Gasteiger partial charge in [-0.1, -0.05) is 83.6 Å². The van der Waals surface area contributed by atoms with Crippen LogP contribution in [0, 0.1) is 78.0 Å². The van der Waals surface area contributed by atoms with Crippen molar-refractivity contribution in [3.8, 4) is 0 Å². The third kappa shape index (κ3) is 5.48. The van der Waals surface area contributed by atoms with E-state index in [-0.39, 0.29) is 31.1 Å². The van der Waals surface area contributed by atoms with Crippen molar-refractivity contribution in [3.05, 3.63) is 29.7 Å². The van der Waals surface area contributed by atoms with Crippen molar-refractivity contribution in [2.75, 3.05) is 0 Å². The fourth-order valence-corrected chi connectivity index (χ4v) is 7.84. The summed E-state index contributed by atoms with van der Waals surface area (Å²) in [5, 5.41) is 0. The maximum atomic E-state index is 8.68. The van der Waals surface area contributed by atoms with Crippen molar-refractivity contribution in [1.82, 2.24) is 0 Å². The molecule has 0 spiro atoms. The normalized spacial score (nSPS) is 37.1. The Labute approximate surface area is 217 Å². The minimum Gasteiger partial charge on any atom is -0.542 e. The van der Waals surface area contributed by atoms with E-state index in [2.05, 4.69) is 53.2 Å². The number of hydrogen-bond acceptors (Lipinski definition) is 1. The molecule has 2 unspecified atom stereocenters. The number of fused-ring (bicyclic) bond motifs is 5. The van der Waals surface area contributed by atoms with E-state index >= 15 is 0 Å². The van der Waals surface area contributed by atoms with Crippen molar-refractivity contribution in [2.24, 2.45) is 40.4 Å². The molecule has 0 bridgehead atoms. The zero-order valence-electron chi connectivity index (χ0n) is 21.1. The third-order valence-corrected chi connectivity index (χ3v) is 9.53. The second-order valence-electron chi connectivity index (χ2n) is 11.6. The Kier molecular flexibility index (Phi) is 10.2. The fourth-order valence-electron chi connectivity index (χ4n) is 7.84. The SMILES string of the molecule is CC(C)CCC[C@@H](C)C1CC[C@H]2C3=CC=C4C[CH-]CC[C@]4(C)C3CC[C@]12C.C[C-]=O.[U+2]. The Morgan fingerprint density at radius 2 is 1.77 bits per heavy atom. The predicted molar refractivity (Wildman–Crippen MR) is 129 cm³/mol. The van der Waals surface area contributed by atoms with E-state index in [4.69, 9.17) is 4.79 Å². The summed E-state index contributed by atoms with van der Waals surface area (Å²) in [6.45, 7) is 13.9. The van der Waals surface area contributed by atoms with Gasteiger partial charge in [-0.3, -0.25) is 6.29 Å². The van der Waals surface area contributed by atoms with Crippen LogP contribution in [0.5, 0.6) is 0 Å². The summed E-state index contributed by atoms with van der Waals surface area (Å²) >= 11 is 0. The fraction of sp³-hybridized carbons (Fsp3) is 0.793. The Bertz CT molecular complexity index is 662. The second kappa shape index (κ2) is 11.6. The van der Waals surface area contributed by atoms with Gasteiger partial charge in [-0.05, 0) is 66.1 Å². The van der Waals surface area contributed by atoms with E-state index < -0.39 is 0 Å². The Morgan fingerprint density at radius 1 is 1.06 bits per heavy atom. The molecule has 0 aromatic carbocycles. The summed E-state index contributed by atoms with van der Waals surface area (Å²) in [4.78, 5) is 8.68. The summed E-state index contributed by atoms with van der Waals surface area (Å²) in [5.41, 5.74) is 4.65. The quantitative estimate of drug-likeness (QED) is 0.275. The van der Waals surface area contributed by atoms with Gasteiger partial charge in [0.2, 0.25) is 0 Å². The summed E-state index contributed by atoms with van der Waals surface area (Å²) < 4.78 is 0. The maximum Gasteiger partial charge on any atom is 2.00 e. The number of hydrogen-bond donors (Lipinski definition) is 0. The van der Waals surface area contributed by atoms with Crippen LogP contribution in [0.4, 0.5) is 0 Å². The molecule has 0 amide bonds. The number of allylic oxidation sites excluding steroid dienone is 4. The molecule has 4 aliphatic carbocycles. The van der Waals surface area contributed by atoms with Crippen molar-refractivity contribution >= 4 is 6.29 Å². The number of carbonyl (C=O) groups excluding carboxylic acids is 1. The van der Waals surface area contributed by atoms with E-state index in [1.54, 1.807) is 5.57 Å². The zero-order valence-corrected chi connectivity index (χ0v) is 25.3. The molecule has 4 rings (SSSR count). The molecule has 3 saturated carbocycles. The van der Waals surface area contributed by atoms with Gasteiger partial charge in [0.15, 0.2) is 0 Å². The first kappa shape index (κ1) is 27.4. The smallest absolute Gasteiger partial charge is 0.542 e. The van der Waals surface area contributed by atoms with E-state index in [1.165, 1.54) is 77.4 Å².